The smallest absolute Gasteiger partial charge is 0.212 e. The Kier molecular flexibility index (Phi) is 2.11. The van der Waals surface area contributed by atoms with Gasteiger partial charge in [-0.25, -0.2) is 9.50 Å². The molecular weight excluding hydrogens is 219 g/mol. The van der Waals surface area contributed by atoms with Crippen molar-refractivity contribution in [2.24, 2.45) is 0 Å². The van der Waals surface area contributed by atoms with Crippen molar-refractivity contribution in [3.63, 3.8) is 0 Å². The van der Waals surface area contributed by atoms with Gasteiger partial charge < -0.3 is 0 Å². The van der Waals surface area contributed by atoms with Crippen LogP contribution in [0.4, 0.5) is 4.39 Å². The third-order valence-electron chi connectivity index (χ3n) is 2.64. The molecule has 0 saturated heterocycles. The number of halogens is 1. The molecule has 0 N–H and O–H groups in total. The van der Waals surface area contributed by atoms with E-state index in [-0.39, 0.29) is 0 Å². The molecule has 4 nitrogen and oxygen atoms in total. The number of aromatic nitrogens is 4. The molecule has 0 fully saturated rings. The highest BCUT2D eigenvalue weighted by molar-refractivity contribution is 5.64. The Morgan fingerprint density at radius 1 is 1.18 bits per heavy atom. The third-order valence-corrected chi connectivity index (χ3v) is 2.64. The van der Waals surface area contributed by atoms with Crippen molar-refractivity contribution in [2.45, 2.75) is 6.92 Å². The Labute approximate surface area is 96.7 Å². The summed E-state index contributed by atoms with van der Waals surface area (Å²) < 4.78 is 14.5. The molecule has 0 amide bonds. The minimum atomic E-state index is -0.490. The fraction of sp³-hybridized carbons (Fsp3) is 0.0833. The molecule has 0 bridgehead atoms. The first-order valence-electron chi connectivity index (χ1n) is 5.18. The van der Waals surface area contributed by atoms with Gasteiger partial charge in [-0.05, 0) is 31.2 Å². The van der Waals surface area contributed by atoms with Crippen molar-refractivity contribution in [2.75, 3.05) is 0 Å². The zero-order valence-electron chi connectivity index (χ0n) is 9.13. The van der Waals surface area contributed by atoms with Crippen molar-refractivity contribution < 1.29 is 4.39 Å². The highest BCUT2D eigenvalue weighted by atomic mass is 19.1. The van der Waals surface area contributed by atoms with Crippen molar-refractivity contribution in [1.82, 2.24) is 19.8 Å². The monoisotopic (exact) mass is 228 g/mol. The van der Waals surface area contributed by atoms with Gasteiger partial charge in [0, 0.05) is 11.8 Å². The molecule has 84 valence electrons. The number of fused-ring (bicyclic) bond motifs is 1. The third kappa shape index (κ3) is 1.56. The summed E-state index contributed by atoms with van der Waals surface area (Å²) in [5, 5.41) is 8.08. The molecule has 0 aliphatic rings. The van der Waals surface area contributed by atoms with Crippen LogP contribution in [0.1, 0.15) is 5.69 Å². The second kappa shape index (κ2) is 3.62. The van der Waals surface area contributed by atoms with Crippen molar-refractivity contribution in [3.05, 3.63) is 48.2 Å². The topological polar surface area (TPSA) is 43.1 Å². The van der Waals surface area contributed by atoms with Crippen LogP contribution in [-0.4, -0.2) is 19.8 Å². The largest absolute Gasteiger partial charge is 0.228 e. The summed E-state index contributed by atoms with van der Waals surface area (Å²) in [4.78, 5) is 3.64. The maximum absolute atomic E-state index is 12.8. The van der Waals surface area contributed by atoms with E-state index >= 15 is 0 Å². The van der Waals surface area contributed by atoms with Crippen LogP contribution < -0.4 is 0 Å². The molecule has 0 aliphatic heterocycles. The molecule has 0 atom stereocenters. The summed E-state index contributed by atoms with van der Waals surface area (Å²) in [6.07, 6.45) is 1.49. The lowest BCUT2D eigenvalue weighted by atomic mass is 10.2. The molecule has 3 rings (SSSR count). The molecule has 0 unspecified atom stereocenters. The Morgan fingerprint density at radius 3 is 2.82 bits per heavy atom. The predicted molar refractivity (Wildman–Crippen MR) is 60.9 cm³/mol. The highest BCUT2D eigenvalue weighted by Gasteiger charge is 2.07. The van der Waals surface area contributed by atoms with E-state index in [1.54, 1.807) is 10.6 Å². The summed E-state index contributed by atoms with van der Waals surface area (Å²) in [5.41, 5.74) is 3.45. The number of hydrogen-bond acceptors (Lipinski definition) is 3. The van der Waals surface area contributed by atoms with Gasteiger partial charge in [0.2, 0.25) is 5.95 Å². The van der Waals surface area contributed by atoms with Gasteiger partial charge in [-0.3, -0.25) is 0 Å². The van der Waals surface area contributed by atoms with Gasteiger partial charge in [0.05, 0.1) is 16.9 Å². The molecule has 0 spiro atoms. The number of nitrogens with zero attached hydrogens (tertiary/aromatic N) is 4. The molecule has 3 aromatic rings. The van der Waals surface area contributed by atoms with E-state index < -0.39 is 5.95 Å². The first-order chi connectivity index (χ1) is 8.25. The number of rotatable bonds is 1. The first-order valence-corrected chi connectivity index (χ1v) is 5.18. The molecule has 0 aromatic carbocycles. The van der Waals surface area contributed by atoms with E-state index in [4.69, 9.17) is 0 Å². The number of aryl methyl sites for hydroxylation is 1. The predicted octanol–water partition coefficient (Wildman–Crippen LogP) is 2.24. The average Bonchev–Trinajstić information content (AvgIpc) is 2.73. The van der Waals surface area contributed by atoms with Gasteiger partial charge in [-0.1, -0.05) is 11.3 Å². The summed E-state index contributed by atoms with van der Waals surface area (Å²) in [5.74, 6) is -0.490. The Bertz CT molecular complexity index is 673. The lowest BCUT2D eigenvalue weighted by Gasteiger charge is -2.03. The van der Waals surface area contributed by atoms with Gasteiger partial charge in [0.1, 0.15) is 0 Å². The van der Waals surface area contributed by atoms with Gasteiger partial charge in [-0.2, -0.15) is 4.39 Å². The minimum Gasteiger partial charge on any atom is -0.228 e. The summed E-state index contributed by atoms with van der Waals surface area (Å²) in [6.45, 7) is 1.90. The average molecular weight is 228 g/mol. The van der Waals surface area contributed by atoms with Crippen LogP contribution in [0, 0.1) is 12.9 Å². The minimum absolute atomic E-state index is 0.490. The van der Waals surface area contributed by atoms with Crippen molar-refractivity contribution in [3.8, 4) is 11.3 Å². The Morgan fingerprint density at radius 2 is 2.06 bits per heavy atom. The lowest BCUT2D eigenvalue weighted by molar-refractivity contribution is 0.584. The van der Waals surface area contributed by atoms with Crippen LogP contribution in [0.5, 0.6) is 0 Å². The van der Waals surface area contributed by atoms with E-state index in [0.29, 0.717) is 0 Å². The molecule has 0 aliphatic carbocycles. The van der Waals surface area contributed by atoms with Crippen LogP contribution in [0.3, 0.4) is 0 Å². The van der Waals surface area contributed by atoms with E-state index in [0.717, 1.165) is 22.5 Å². The quantitative estimate of drug-likeness (QED) is 0.600. The molecule has 0 saturated carbocycles. The van der Waals surface area contributed by atoms with Crippen LogP contribution in [-0.2, 0) is 0 Å². The maximum atomic E-state index is 12.8. The van der Waals surface area contributed by atoms with Crippen LogP contribution >= 0.6 is 0 Å². The van der Waals surface area contributed by atoms with E-state index in [1.807, 2.05) is 25.1 Å². The molecular formula is C12H9FN4. The fourth-order valence-electron chi connectivity index (χ4n) is 1.78. The van der Waals surface area contributed by atoms with Crippen LogP contribution in [0.2, 0.25) is 0 Å². The molecule has 17 heavy (non-hydrogen) atoms. The molecule has 0 radical (unpaired) electrons. The first kappa shape index (κ1) is 9.89. The maximum Gasteiger partial charge on any atom is 0.212 e. The second-order valence-corrected chi connectivity index (χ2v) is 3.75. The van der Waals surface area contributed by atoms with E-state index in [9.17, 15) is 4.39 Å². The van der Waals surface area contributed by atoms with Crippen molar-refractivity contribution in [1.29, 1.82) is 0 Å². The Balaban J connectivity index is 2.26. The zero-order chi connectivity index (χ0) is 11.8. The number of hydrogen-bond donors (Lipinski definition) is 0. The normalized spacial score (nSPS) is 10.9. The van der Waals surface area contributed by atoms with Gasteiger partial charge in [0.25, 0.3) is 0 Å². The molecule has 5 heteroatoms. The number of pyridine rings is 2. The Hall–Kier alpha value is -2.30. The van der Waals surface area contributed by atoms with Gasteiger partial charge in [0.15, 0.2) is 0 Å². The van der Waals surface area contributed by atoms with Crippen molar-refractivity contribution >= 4 is 5.52 Å². The SMILES string of the molecule is Cc1nnn2c(-c3ccc(F)nc3)cccc12. The van der Waals surface area contributed by atoms with Crippen LogP contribution in [0.25, 0.3) is 16.8 Å². The summed E-state index contributed by atoms with van der Waals surface area (Å²) >= 11 is 0. The lowest BCUT2D eigenvalue weighted by Crippen LogP contribution is -1.94. The van der Waals surface area contributed by atoms with Gasteiger partial charge >= 0.3 is 0 Å². The summed E-state index contributed by atoms with van der Waals surface area (Å²) in [6, 6.07) is 8.77. The van der Waals surface area contributed by atoms with E-state index in [1.165, 1.54) is 12.3 Å². The highest BCUT2D eigenvalue weighted by Crippen LogP contribution is 2.20. The molecule has 3 heterocycles. The van der Waals surface area contributed by atoms with Gasteiger partial charge in [-0.15, -0.1) is 5.10 Å². The molecule has 3 aromatic heterocycles. The second-order valence-electron chi connectivity index (χ2n) is 3.75. The standard InChI is InChI=1S/C12H9FN4/c1-8-10-3-2-4-11(17(10)16-15-8)9-5-6-12(13)14-7-9/h2-7H,1H3. The fourth-order valence-corrected chi connectivity index (χ4v) is 1.78. The van der Waals surface area contributed by atoms with E-state index in [2.05, 4.69) is 15.3 Å². The zero-order valence-corrected chi connectivity index (χ0v) is 9.13. The van der Waals surface area contributed by atoms with Crippen LogP contribution in [0.15, 0.2) is 36.5 Å². The summed E-state index contributed by atoms with van der Waals surface area (Å²) in [7, 11) is 0.